The Morgan fingerprint density at radius 3 is 2.30 bits per heavy atom. The molecule has 11 heteroatoms. The molecule has 0 unspecified atom stereocenters. The maximum absolute atomic E-state index is 13.2. The number of sulfonamides is 2. The molecule has 3 aromatic rings. The Labute approximate surface area is 203 Å². The Morgan fingerprint density at radius 1 is 0.939 bits per heavy atom. The van der Waals surface area contributed by atoms with Gasteiger partial charge >= 0.3 is 0 Å². The summed E-state index contributed by atoms with van der Waals surface area (Å²) < 4.78 is 61.2. The fourth-order valence-corrected chi connectivity index (χ4v) is 6.53. The standard InChI is InChI=1S/C22H20Cl2N2O5S2/c1-2-31-22-10-9-19(14-20(22)24)32(27,28)25-17-6-3-15-11-12-26(21(15)13-17)33(29,30)18-7-4-16(23)5-8-18/h3-10,13-14,25H,2,11-12H2,1H3. The highest BCUT2D eigenvalue weighted by molar-refractivity contribution is 7.93. The number of nitrogens with zero attached hydrogens (tertiary/aromatic N) is 1. The van der Waals surface area contributed by atoms with Crippen LogP contribution in [0.25, 0.3) is 0 Å². The van der Waals surface area contributed by atoms with Gasteiger partial charge in [0.05, 0.1) is 32.8 Å². The lowest BCUT2D eigenvalue weighted by atomic mass is 10.1. The summed E-state index contributed by atoms with van der Waals surface area (Å²) in [5.41, 5.74) is 1.46. The van der Waals surface area contributed by atoms with Gasteiger partial charge in [-0.3, -0.25) is 9.03 Å². The minimum absolute atomic E-state index is 0.0397. The van der Waals surface area contributed by atoms with Crippen molar-refractivity contribution < 1.29 is 21.6 Å². The molecule has 0 aliphatic carbocycles. The normalized spacial score (nSPS) is 13.6. The molecule has 0 saturated carbocycles. The summed E-state index contributed by atoms with van der Waals surface area (Å²) in [4.78, 5) is 0.0665. The molecule has 1 aliphatic heterocycles. The van der Waals surface area contributed by atoms with Gasteiger partial charge in [0.25, 0.3) is 20.0 Å². The van der Waals surface area contributed by atoms with Crippen molar-refractivity contribution in [2.45, 2.75) is 23.1 Å². The molecule has 0 radical (unpaired) electrons. The second kappa shape index (κ2) is 9.06. The van der Waals surface area contributed by atoms with Crippen LogP contribution in [-0.4, -0.2) is 30.0 Å². The van der Waals surface area contributed by atoms with Crippen LogP contribution in [0, 0.1) is 0 Å². The number of ether oxygens (including phenoxy) is 1. The number of hydrogen-bond acceptors (Lipinski definition) is 5. The fourth-order valence-electron chi connectivity index (χ4n) is 3.53. The van der Waals surface area contributed by atoms with Crippen molar-refractivity contribution in [3.8, 4) is 5.75 Å². The van der Waals surface area contributed by atoms with E-state index in [1.165, 1.54) is 52.8 Å². The van der Waals surface area contributed by atoms with Gasteiger partial charge in [-0.05, 0) is 73.5 Å². The first-order chi connectivity index (χ1) is 15.6. The lowest BCUT2D eigenvalue weighted by molar-refractivity contribution is 0.340. The Morgan fingerprint density at radius 2 is 1.64 bits per heavy atom. The first-order valence-electron chi connectivity index (χ1n) is 9.98. The monoisotopic (exact) mass is 526 g/mol. The number of nitrogens with one attached hydrogen (secondary N) is 1. The zero-order valence-corrected chi connectivity index (χ0v) is 20.6. The Hall–Kier alpha value is -2.46. The molecule has 0 fully saturated rings. The van der Waals surface area contributed by atoms with E-state index in [1.54, 1.807) is 19.1 Å². The molecule has 33 heavy (non-hydrogen) atoms. The van der Waals surface area contributed by atoms with Gasteiger partial charge in [0.2, 0.25) is 0 Å². The van der Waals surface area contributed by atoms with Gasteiger partial charge in [-0.2, -0.15) is 0 Å². The predicted octanol–water partition coefficient (Wildman–Crippen LogP) is 4.94. The smallest absolute Gasteiger partial charge is 0.264 e. The van der Waals surface area contributed by atoms with Gasteiger partial charge < -0.3 is 4.74 Å². The lowest BCUT2D eigenvalue weighted by Gasteiger charge is -2.20. The molecule has 1 N–H and O–H groups in total. The molecule has 1 aliphatic rings. The summed E-state index contributed by atoms with van der Waals surface area (Å²) in [6.07, 6.45) is 0.518. The van der Waals surface area contributed by atoms with E-state index in [9.17, 15) is 16.8 Å². The van der Waals surface area contributed by atoms with Crippen LogP contribution in [0.15, 0.2) is 70.5 Å². The molecule has 0 saturated heterocycles. The molecule has 1 heterocycles. The number of anilines is 2. The van der Waals surface area contributed by atoms with Crippen LogP contribution in [0.4, 0.5) is 11.4 Å². The van der Waals surface area contributed by atoms with Crippen molar-refractivity contribution >= 4 is 54.6 Å². The average molecular weight is 527 g/mol. The maximum atomic E-state index is 13.2. The molecule has 4 rings (SSSR count). The van der Waals surface area contributed by atoms with E-state index in [-0.39, 0.29) is 27.0 Å². The fraction of sp³-hybridized carbons (Fsp3) is 0.182. The van der Waals surface area contributed by atoms with E-state index >= 15 is 0 Å². The summed E-state index contributed by atoms with van der Waals surface area (Å²) in [5, 5.41) is 0.607. The third-order valence-electron chi connectivity index (χ3n) is 5.11. The number of rotatable bonds is 7. The number of hydrogen-bond donors (Lipinski definition) is 1. The second-order valence-electron chi connectivity index (χ2n) is 7.26. The van der Waals surface area contributed by atoms with Gasteiger partial charge in [-0.15, -0.1) is 0 Å². The summed E-state index contributed by atoms with van der Waals surface area (Å²) in [6, 6.07) is 14.9. The van der Waals surface area contributed by atoms with Gasteiger partial charge in [0.15, 0.2) is 0 Å². The van der Waals surface area contributed by atoms with Crippen LogP contribution >= 0.6 is 23.2 Å². The highest BCUT2D eigenvalue weighted by Crippen LogP contribution is 2.36. The van der Waals surface area contributed by atoms with Crippen molar-refractivity contribution in [3.63, 3.8) is 0 Å². The molecule has 0 atom stereocenters. The van der Waals surface area contributed by atoms with Crippen molar-refractivity contribution in [1.82, 2.24) is 0 Å². The molecule has 0 bridgehead atoms. The molecule has 3 aromatic carbocycles. The van der Waals surface area contributed by atoms with Crippen LogP contribution < -0.4 is 13.8 Å². The summed E-state index contributed by atoms with van der Waals surface area (Å²) in [7, 11) is -7.80. The van der Waals surface area contributed by atoms with E-state index in [4.69, 9.17) is 27.9 Å². The maximum Gasteiger partial charge on any atom is 0.264 e. The minimum Gasteiger partial charge on any atom is -0.492 e. The van der Waals surface area contributed by atoms with E-state index in [0.29, 0.717) is 29.5 Å². The van der Waals surface area contributed by atoms with Crippen LogP contribution in [0.1, 0.15) is 12.5 Å². The molecule has 0 amide bonds. The number of halogens is 2. The van der Waals surface area contributed by atoms with Gasteiger partial charge in [-0.1, -0.05) is 29.3 Å². The summed E-state index contributed by atoms with van der Waals surface area (Å²) >= 11 is 12.0. The van der Waals surface area contributed by atoms with Gasteiger partial charge in [0, 0.05) is 11.6 Å². The third kappa shape index (κ3) is 4.77. The lowest BCUT2D eigenvalue weighted by Crippen LogP contribution is -2.29. The zero-order chi connectivity index (χ0) is 23.8. The minimum atomic E-state index is -3.97. The van der Waals surface area contributed by atoms with E-state index < -0.39 is 20.0 Å². The highest BCUT2D eigenvalue weighted by atomic mass is 35.5. The molecule has 7 nitrogen and oxygen atoms in total. The van der Waals surface area contributed by atoms with Gasteiger partial charge in [-0.25, -0.2) is 16.8 Å². The predicted molar refractivity (Wildman–Crippen MR) is 130 cm³/mol. The molecular formula is C22H20Cl2N2O5S2. The van der Waals surface area contributed by atoms with Crippen molar-refractivity contribution in [2.24, 2.45) is 0 Å². The largest absolute Gasteiger partial charge is 0.492 e. The Balaban J connectivity index is 1.63. The van der Waals surface area contributed by atoms with Crippen LogP contribution in [0.3, 0.4) is 0 Å². The average Bonchev–Trinajstić information content (AvgIpc) is 3.19. The molecule has 174 valence electrons. The van der Waals surface area contributed by atoms with Gasteiger partial charge in [0.1, 0.15) is 5.75 Å². The summed E-state index contributed by atoms with van der Waals surface area (Å²) in [5.74, 6) is 0.388. The van der Waals surface area contributed by atoms with Crippen LogP contribution in [0.2, 0.25) is 10.0 Å². The Kier molecular flexibility index (Phi) is 6.50. The molecule has 0 spiro atoms. The molecular weight excluding hydrogens is 507 g/mol. The quantitative estimate of drug-likeness (QED) is 0.470. The zero-order valence-electron chi connectivity index (χ0n) is 17.5. The van der Waals surface area contributed by atoms with E-state index in [0.717, 1.165) is 5.56 Å². The van der Waals surface area contributed by atoms with Crippen molar-refractivity contribution in [3.05, 3.63) is 76.3 Å². The third-order valence-corrected chi connectivity index (χ3v) is 8.86. The summed E-state index contributed by atoms with van der Waals surface area (Å²) in [6.45, 7) is 2.45. The molecule has 0 aromatic heterocycles. The van der Waals surface area contributed by atoms with Crippen molar-refractivity contribution in [1.29, 1.82) is 0 Å². The van der Waals surface area contributed by atoms with E-state index in [2.05, 4.69) is 4.72 Å². The first-order valence-corrected chi connectivity index (χ1v) is 13.7. The topological polar surface area (TPSA) is 92.8 Å². The van der Waals surface area contributed by atoms with Crippen LogP contribution in [0.5, 0.6) is 5.75 Å². The number of benzene rings is 3. The van der Waals surface area contributed by atoms with Crippen LogP contribution in [-0.2, 0) is 26.5 Å². The first kappa shape index (κ1) is 23.7. The Bertz CT molecular complexity index is 1410. The highest BCUT2D eigenvalue weighted by Gasteiger charge is 2.31. The van der Waals surface area contributed by atoms with E-state index in [1.807, 2.05) is 0 Å². The number of fused-ring (bicyclic) bond motifs is 1. The SMILES string of the molecule is CCOc1ccc(S(=O)(=O)Nc2ccc3c(c2)N(S(=O)(=O)c2ccc(Cl)cc2)CC3)cc1Cl. The second-order valence-corrected chi connectivity index (χ2v) is 11.6. The van der Waals surface area contributed by atoms with Crippen molar-refractivity contribution in [2.75, 3.05) is 22.2 Å².